The second-order valence-corrected chi connectivity index (χ2v) is 4.73. The third-order valence-electron chi connectivity index (χ3n) is 3.29. The van der Waals surface area contributed by atoms with Crippen LogP contribution in [0.1, 0.15) is 23.2 Å². The van der Waals surface area contributed by atoms with Gasteiger partial charge >= 0.3 is 5.97 Å². The summed E-state index contributed by atoms with van der Waals surface area (Å²) in [5.74, 6) is -0.992. The maximum atomic E-state index is 10.9. The van der Waals surface area contributed by atoms with Gasteiger partial charge < -0.3 is 19.5 Å². The molecule has 1 aromatic heterocycles. The van der Waals surface area contributed by atoms with E-state index in [0.717, 1.165) is 19.4 Å². The van der Waals surface area contributed by atoms with Crippen molar-refractivity contribution >= 4 is 23.1 Å². The Bertz CT molecular complexity index is 622. The maximum Gasteiger partial charge on any atom is 0.335 e. The number of aromatic nitrogens is 1. The maximum absolute atomic E-state index is 10.9. The van der Waals surface area contributed by atoms with Crippen LogP contribution in [0.4, 0.5) is 6.01 Å². The van der Waals surface area contributed by atoms with Crippen molar-refractivity contribution in [2.45, 2.75) is 18.9 Å². The van der Waals surface area contributed by atoms with Gasteiger partial charge in [-0.3, -0.25) is 0 Å². The van der Waals surface area contributed by atoms with Crippen molar-refractivity contribution in [3.05, 3.63) is 23.8 Å². The Kier molecular flexibility index (Phi) is 2.87. The number of rotatable bonds is 2. The van der Waals surface area contributed by atoms with Gasteiger partial charge in [0.2, 0.25) is 0 Å². The number of carboxylic acid groups (broad SMARTS) is 1. The summed E-state index contributed by atoms with van der Waals surface area (Å²) < 4.78 is 5.59. The molecule has 1 fully saturated rings. The van der Waals surface area contributed by atoms with Crippen molar-refractivity contribution in [1.29, 1.82) is 0 Å². The van der Waals surface area contributed by atoms with Crippen molar-refractivity contribution in [2.75, 3.05) is 18.0 Å². The molecule has 2 N–H and O–H groups in total. The Labute approximate surface area is 109 Å². The molecule has 0 bridgehead atoms. The topological polar surface area (TPSA) is 86.8 Å². The summed E-state index contributed by atoms with van der Waals surface area (Å²) >= 11 is 0. The van der Waals surface area contributed by atoms with E-state index in [1.54, 1.807) is 6.07 Å². The third-order valence-corrected chi connectivity index (χ3v) is 3.29. The molecule has 0 aliphatic carbocycles. The number of hydrogen-bond acceptors (Lipinski definition) is 5. The second-order valence-electron chi connectivity index (χ2n) is 4.73. The first-order valence-electron chi connectivity index (χ1n) is 6.20. The van der Waals surface area contributed by atoms with E-state index >= 15 is 0 Å². The molecule has 6 heteroatoms. The van der Waals surface area contributed by atoms with Gasteiger partial charge in [-0.1, -0.05) is 0 Å². The van der Waals surface area contributed by atoms with E-state index in [4.69, 9.17) is 9.52 Å². The molecule has 2 aromatic rings. The molecule has 0 spiro atoms. The average molecular weight is 262 g/mol. The molecule has 0 amide bonds. The Morgan fingerprint density at radius 2 is 2.32 bits per heavy atom. The summed E-state index contributed by atoms with van der Waals surface area (Å²) in [7, 11) is 0. The Balaban J connectivity index is 1.94. The zero-order valence-corrected chi connectivity index (χ0v) is 10.2. The minimum atomic E-state index is -0.992. The summed E-state index contributed by atoms with van der Waals surface area (Å²) in [6.07, 6.45) is 1.32. The lowest BCUT2D eigenvalue weighted by atomic mass is 10.1. The van der Waals surface area contributed by atoms with E-state index in [0.29, 0.717) is 23.7 Å². The molecule has 1 unspecified atom stereocenters. The van der Waals surface area contributed by atoms with Crippen LogP contribution >= 0.6 is 0 Å². The zero-order chi connectivity index (χ0) is 13.4. The molecule has 1 atom stereocenters. The van der Waals surface area contributed by atoms with E-state index in [2.05, 4.69) is 4.98 Å². The molecule has 19 heavy (non-hydrogen) atoms. The Morgan fingerprint density at radius 1 is 1.47 bits per heavy atom. The standard InChI is InChI=1S/C13H14N2O4/c16-9-2-1-5-15(7-9)13-14-10-4-3-8(12(17)18)6-11(10)19-13/h3-4,6,9,16H,1-2,5,7H2,(H,17,18). The number of benzene rings is 1. The number of anilines is 1. The van der Waals surface area contributed by atoms with E-state index in [9.17, 15) is 9.90 Å². The van der Waals surface area contributed by atoms with Gasteiger partial charge in [-0.05, 0) is 31.0 Å². The van der Waals surface area contributed by atoms with Crippen LogP contribution in [0.3, 0.4) is 0 Å². The van der Waals surface area contributed by atoms with Crippen molar-refractivity contribution in [3.63, 3.8) is 0 Å². The summed E-state index contributed by atoms with van der Waals surface area (Å²) in [5.41, 5.74) is 1.25. The fourth-order valence-corrected chi connectivity index (χ4v) is 2.31. The van der Waals surface area contributed by atoms with Gasteiger partial charge in [0.05, 0.1) is 11.7 Å². The predicted molar refractivity (Wildman–Crippen MR) is 68.4 cm³/mol. The van der Waals surface area contributed by atoms with Crippen molar-refractivity contribution in [3.8, 4) is 0 Å². The molecule has 1 saturated heterocycles. The summed E-state index contributed by atoms with van der Waals surface area (Å²) in [5, 5.41) is 18.6. The number of hydrogen-bond donors (Lipinski definition) is 2. The van der Waals surface area contributed by atoms with E-state index in [1.807, 2.05) is 4.90 Å². The fourth-order valence-electron chi connectivity index (χ4n) is 2.31. The third kappa shape index (κ3) is 2.26. The number of piperidine rings is 1. The van der Waals surface area contributed by atoms with Crippen LogP contribution in [0.25, 0.3) is 11.1 Å². The number of aromatic carboxylic acids is 1. The molecule has 0 radical (unpaired) electrons. The van der Waals surface area contributed by atoms with Crippen LogP contribution in [0.15, 0.2) is 22.6 Å². The van der Waals surface area contributed by atoms with E-state index < -0.39 is 5.97 Å². The number of carbonyl (C=O) groups is 1. The molecular formula is C13H14N2O4. The number of carboxylic acids is 1. The fraction of sp³-hybridized carbons (Fsp3) is 0.385. The van der Waals surface area contributed by atoms with Gasteiger partial charge in [-0.2, -0.15) is 4.98 Å². The van der Waals surface area contributed by atoms with Crippen LogP contribution in [0.2, 0.25) is 0 Å². The van der Waals surface area contributed by atoms with Crippen LogP contribution in [-0.4, -0.2) is 40.4 Å². The minimum absolute atomic E-state index is 0.175. The van der Waals surface area contributed by atoms with E-state index in [-0.39, 0.29) is 11.7 Å². The summed E-state index contributed by atoms with van der Waals surface area (Å²) in [6.45, 7) is 1.29. The lowest BCUT2D eigenvalue weighted by Crippen LogP contribution is -2.38. The lowest BCUT2D eigenvalue weighted by molar-refractivity contribution is 0.0697. The molecule has 3 rings (SSSR count). The highest BCUT2D eigenvalue weighted by molar-refractivity contribution is 5.92. The van der Waals surface area contributed by atoms with Gasteiger partial charge in [-0.15, -0.1) is 0 Å². The average Bonchev–Trinajstić information content (AvgIpc) is 2.81. The van der Waals surface area contributed by atoms with Gasteiger partial charge in [-0.25, -0.2) is 4.79 Å². The number of fused-ring (bicyclic) bond motifs is 1. The van der Waals surface area contributed by atoms with Crippen LogP contribution < -0.4 is 4.90 Å². The Morgan fingerprint density at radius 3 is 3.05 bits per heavy atom. The lowest BCUT2D eigenvalue weighted by Gasteiger charge is -2.28. The second kappa shape index (κ2) is 4.55. The largest absolute Gasteiger partial charge is 0.478 e. The van der Waals surface area contributed by atoms with E-state index in [1.165, 1.54) is 12.1 Å². The SMILES string of the molecule is O=C(O)c1ccc2nc(N3CCCC(O)C3)oc2c1. The smallest absolute Gasteiger partial charge is 0.335 e. The molecule has 2 heterocycles. The van der Waals surface area contributed by atoms with Crippen LogP contribution in [-0.2, 0) is 0 Å². The molecule has 1 aliphatic rings. The minimum Gasteiger partial charge on any atom is -0.478 e. The zero-order valence-electron chi connectivity index (χ0n) is 10.2. The molecule has 1 aliphatic heterocycles. The predicted octanol–water partition coefficient (Wildman–Crippen LogP) is 1.49. The van der Waals surface area contributed by atoms with Gasteiger partial charge in [0, 0.05) is 13.1 Å². The highest BCUT2D eigenvalue weighted by Gasteiger charge is 2.22. The number of oxazole rings is 1. The normalized spacial score (nSPS) is 19.8. The summed E-state index contributed by atoms with van der Waals surface area (Å²) in [4.78, 5) is 17.1. The molecule has 6 nitrogen and oxygen atoms in total. The highest BCUT2D eigenvalue weighted by Crippen LogP contribution is 2.25. The monoisotopic (exact) mass is 262 g/mol. The molecule has 100 valence electrons. The van der Waals surface area contributed by atoms with Crippen molar-refractivity contribution < 1.29 is 19.4 Å². The van der Waals surface area contributed by atoms with Crippen molar-refractivity contribution in [2.24, 2.45) is 0 Å². The molecular weight excluding hydrogens is 248 g/mol. The quantitative estimate of drug-likeness (QED) is 0.852. The van der Waals surface area contributed by atoms with Crippen LogP contribution in [0, 0.1) is 0 Å². The number of aliphatic hydroxyl groups excluding tert-OH is 1. The van der Waals surface area contributed by atoms with Gasteiger partial charge in [0.1, 0.15) is 5.52 Å². The van der Waals surface area contributed by atoms with Crippen LogP contribution in [0.5, 0.6) is 0 Å². The number of nitrogens with zero attached hydrogens (tertiary/aromatic N) is 2. The van der Waals surface area contributed by atoms with Gasteiger partial charge in [0.25, 0.3) is 6.01 Å². The Hall–Kier alpha value is -2.08. The van der Waals surface area contributed by atoms with Gasteiger partial charge in [0.15, 0.2) is 5.58 Å². The molecule has 1 aromatic carbocycles. The first-order chi connectivity index (χ1) is 9.13. The number of β-amino-alcohol motifs (C(OH)–C–C–N with tert-alkyl or cyclic N) is 1. The molecule has 0 saturated carbocycles. The van der Waals surface area contributed by atoms with Crippen molar-refractivity contribution in [1.82, 2.24) is 4.98 Å². The number of aliphatic hydroxyl groups is 1. The summed E-state index contributed by atoms with van der Waals surface area (Å²) in [6, 6.07) is 5.04. The first kappa shape index (κ1) is 12.0. The first-order valence-corrected chi connectivity index (χ1v) is 6.20. The highest BCUT2D eigenvalue weighted by atomic mass is 16.4.